The fourth-order valence-electron chi connectivity index (χ4n) is 5.49. The lowest BCUT2D eigenvalue weighted by Crippen LogP contribution is -2.25. The molecule has 0 fully saturated rings. The molecule has 11 nitrogen and oxygen atoms in total. The number of rotatable bonds is 5. The van der Waals surface area contributed by atoms with E-state index in [1.54, 1.807) is 48.5 Å². The van der Waals surface area contributed by atoms with Crippen molar-refractivity contribution in [2.75, 3.05) is 24.7 Å². The Morgan fingerprint density at radius 1 is 1.07 bits per heavy atom. The van der Waals surface area contributed by atoms with E-state index in [0.29, 0.717) is 44.7 Å². The van der Waals surface area contributed by atoms with Gasteiger partial charge < -0.3 is 19.0 Å². The monoisotopic (exact) mass is 613 g/mol. The average molecular weight is 614 g/mol. The van der Waals surface area contributed by atoms with E-state index in [1.807, 2.05) is 4.57 Å². The third-order valence-corrected chi connectivity index (χ3v) is 8.93. The Balaban J connectivity index is 1.51. The molecule has 0 saturated heterocycles. The summed E-state index contributed by atoms with van der Waals surface area (Å²) in [6.45, 7) is 0.163. The molecule has 1 amide bonds. The zero-order valence-electron chi connectivity index (χ0n) is 23.7. The average Bonchev–Trinajstić information content (AvgIpc) is 3.58. The first-order valence-corrected chi connectivity index (χ1v) is 15.3. The van der Waals surface area contributed by atoms with Crippen LogP contribution in [-0.2, 0) is 16.8 Å². The number of nitrogens with zero attached hydrogens (tertiary/aromatic N) is 4. The van der Waals surface area contributed by atoms with Crippen molar-refractivity contribution in [3.8, 4) is 34.3 Å². The molecule has 6 aromatic rings. The highest BCUT2D eigenvalue weighted by Gasteiger charge is 2.28. The number of sulfonamides is 1. The Morgan fingerprint density at radius 2 is 1.89 bits per heavy atom. The van der Waals surface area contributed by atoms with E-state index in [2.05, 4.69) is 5.32 Å². The standard InChI is InChI=1S/C31H24FN5O6S/c1-33-30(39)28-19-13-18(23(35(2)44(3,40)41)15-26(19)43-31(28)36-12-5-4-9-27(36)38)21-10-11-25-29(34-21)24-14-17-20(32)7-6-8-22(17)37(24)16-42-25/h4-15H,16H2,1-3H3,(H,33,39). The number of ether oxygens (including phenoxy) is 1. The lowest BCUT2D eigenvalue weighted by Gasteiger charge is -2.23. The summed E-state index contributed by atoms with van der Waals surface area (Å²) in [7, 11) is -0.914. The molecule has 0 aliphatic carbocycles. The highest BCUT2D eigenvalue weighted by atomic mass is 32.2. The molecule has 5 heterocycles. The molecule has 0 unspecified atom stereocenters. The summed E-state index contributed by atoms with van der Waals surface area (Å²) in [6, 6.07) is 17.5. The first kappa shape index (κ1) is 27.4. The normalized spacial score (nSPS) is 12.5. The fraction of sp³-hybridized carbons (Fsp3) is 0.129. The van der Waals surface area contributed by atoms with Crippen LogP contribution in [0, 0.1) is 5.82 Å². The molecule has 44 heavy (non-hydrogen) atoms. The van der Waals surface area contributed by atoms with Crippen molar-refractivity contribution in [2.24, 2.45) is 0 Å². The molecule has 0 saturated carbocycles. The molecular weight excluding hydrogens is 589 g/mol. The first-order chi connectivity index (χ1) is 21.1. The summed E-state index contributed by atoms with van der Waals surface area (Å²) >= 11 is 0. The van der Waals surface area contributed by atoms with Gasteiger partial charge in [0.25, 0.3) is 11.5 Å². The number of anilines is 1. The van der Waals surface area contributed by atoms with Crippen LogP contribution >= 0.6 is 0 Å². The van der Waals surface area contributed by atoms with Gasteiger partial charge in [-0.2, -0.15) is 0 Å². The smallest absolute Gasteiger partial charge is 0.257 e. The molecule has 0 atom stereocenters. The number of aromatic nitrogens is 3. The predicted molar refractivity (Wildman–Crippen MR) is 163 cm³/mol. The SMILES string of the molecule is CNC(=O)c1c(-n2ccccc2=O)oc2cc(N(C)S(C)(=O)=O)c(-c3ccc4c(n3)-c3cc5c(F)cccc5n3CO4)cc12. The maximum atomic E-state index is 14.7. The summed E-state index contributed by atoms with van der Waals surface area (Å²) < 4.78 is 56.4. The van der Waals surface area contributed by atoms with Gasteiger partial charge in [-0.3, -0.25) is 18.5 Å². The van der Waals surface area contributed by atoms with Gasteiger partial charge in [0, 0.05) is 48.8 Å². The van der Waals surface area contributed by atoms with Gasteiger partial charge in [-0.15, -0.1) is 0 Å². The number of halogens is 1. The molecule has 0 bridgehead atoms. The van der Waals surface area contributed by atoms with E-state index < -0.39 is 21.5 Å². The highest BCUT2D eigenvalue weighted by molar-refractivity contribution is 7.92. The molecule has 222 valence electrons. The van der Waals surface area contributed by atoms with Gasteiger partial charge in [-0.25, -0.2) is 17.8 Å². The number of benzene rings is 2. The molecular formula is C31H24FN5O6S. The van der Waals surface area contributed by atoms with E-state index in [1.165, 1.54) is 43.1 Å². The van der Waals surface area contributed by atoms with Gasteiger partial charge in [0.1, 0.15) is 28.4 Å². The third kappa shape index (κ3) is 4.15. The number of hydrogen-bond donors (Lipinski definition) is 1. The molecule has 0 radical (unpaired) electrons. The van der Waals surface area contributed by atoms with Crippen molar-refractivity contribution in [2.45, 2.75) is 6.73 Å². The Bertz CT molecular complexity index is 2340. The van der Waals surface area contributed by atoms with Gasteiger partial charge in [0.15, 0.2) is 6.73 Å². The molecule has 1 aliphatic heterocycles. The molecule has 2 aromatic carbocycles. The Hall–Kier alpha value is -5.43. The van der Waals surface area contributed by atoms with Crippen molar-refractivity contribution < 1.29 is 26.8 Å². The third-order valence-electron chi connectivity index (χ3n) is 7.74. The number of amides is 1. The largest absolute Gasteiger partial charge is 0.470 e. The summed E-state index contributed by atoms with van der Waals surface area (Å²) in [5.41, 5.74) is 2.51. The molecule has 13 heteroatoms. The maximum absolute atomic E-state index is 14.7. The van der Waals surface area contributed by atoms with Gasteiger partial charge in [0.05, 0.1) is 28.8 Å². The molecule has 4 aromatic heterocycles. The van der Waals surface area contributed by atoms with Crippen molar-refractivity contribution >= 4 is 43.5 Å². The van der Waals surface area contributed by atoms with E-state index in [9.17, 15) is 22.4 Å². The molecule has 0 spiro atoms. The number of pyridine rings is 2. The van der Waals surface area contributed by atoms with E-state index in [4.69, 9.17) is 14.1 Å². The summed E-state index contributed by atoms with van der Waals surface area (Å²) in [6.07, 6.45) is 2.54. The van der Waals surface area contributed by atoms with Crippen LogP contribution in [0.4, 0.5) is 10.1 Å². The topological polar surface area (TPSA) is 129 Å². The van der Waals surface area contributed by atoms with Crippen LogP contribution < -0.4 is 19.9 Å². The molecule has 7 rings (SSSR count). The zero-order chi connectivity index (χ0) is 30.9. The summed E-state index contributed by atoms with van der Waals surface area (Å²) in [5, 5.41) is 3.35. The predicted octanol–water partition coefficient (Wildman–Crippen LogP) is 4.51. The van der Waals surface area contributed by atoms with Crippen molar-refractivity contribution in [1.82, 2.24) is 19.4 Å². The number of nitrogens with one attached hydrogen (secondary N) is 1. The van der Waals surface area contributed by atoms with Crippen molar-refractivity contribution in [3.05, 3.63) is 94.7 Å². The fourth-order valence-corrected chi connectivity index (χ4v) is 6.00. The second-order valence-corrected chi connectivity index (χ2v) is 12.3. The number of furan rings is 1. The van der Waals surface area contributed by atoms with E-state index >= 15 is 0 Å². The minimum absolute atomic E-state index is 0.0200. The minimum atomic E-state index is -3.77. The first-order valence-electron chi connectivity index (χ1n) is 13.4. The van der Waals surface area contributed by atoms with E-state index in [-0.39, 0.29) is 35.3 Å². The summed E-state index contributed by atoms with van der Waals surface area (Å²) in [5.74, 6) is -0.431. The zero-order valence-corrected chi connectivity index (χ0v) is 24.5. The van der Waals surface area contributed by atoms with Gasteiger partial charge in [0.2, 0.25) is 15.9 Å². The maximum Gasteiger partial charge on any atom is 0.257 e. The lowest BCUT2D eigenvalue weighted by atomic mass is 10.0. The molecule has 1 aliphatic rings. The van der Waals surface area contributed by atoms with Crippen LogP contribution in [0.25, 0.3) is 50.4 Å². The van der Waals surface area contributed by atoms with Crippen LogP contribution in [0.2, 0.25) is 0 Å². The van der Waals surface area contributed by atoms with Crippen LogP contribution in [0.5, 0.6) is 5.75 Å². The number of carbonyl (C=O) groups excluding carboxylic acids is 1. The van der Waals surface area contributed by atoms with Crippen LogP contribution in [0.3, 0.4) is 0 Å². The van der Waals surface area contributed by atoms with Crippen LogP contribution in [-0.4, -0.2) is 48.8 Å². The van der Waals surface area contributed by atoms with Gasteiger partial charge >= 0.3 is 0 Å². The Labute approximate surface area is 249 Å². The minimum Gasteiger partial charge on any atom is -0.470 e. The second kappa shape index (κ2) is 9.81. The molecule has 1 N–H and O–H groups in total. The Kier molecular flexibility index (Phi) is 6.11. The van der Waals surface area contributed by atoms with Crippen molar-refractivity contribution in [1.29, 1.82) is 0 Å². The van der Waals surface area contributed by atoms with Crippen molar-refractivity contribution in [3.63, 3.8) is 0 Å². The van der Waals surface area contributed by atoms with Gasteiger partial charge in [-0.1, -0.05) is 12.1 Å². The van der Waals surface area contributed by atoms with E-state index in [0.717, 1.165) is 10.6 Å². The highest BCUT2D eigenvalue weighted by Crippen LogP contribution is 2.42. The second-order valence-electron chi connectivity index (χ2n) is 10.3. The number of carbonyl (C=O) groups is 1. The summed E-state index contributed by atoms with van der Waals surface area (Å²) in [4.78, 5) is 30.8. The number of fused-ring (bicyclic) bond motifs is 6. The lowest BCUT2D eigenvalue weighted by molar-refractivity contribution is 0.0963. The van der Waals surface area contributed by atoms with Crippen LogP contribution in [0.15, 0.2) is 82.1 Å². The van der Waals surface area contributed by atoms with Crippen LogP contribution in [0.1, 0.15) is 10.4 Å². The number of hydrogen-bond acceptors (Lipinski definition) is 7. The quantitative estimate of drug-likeness (QED) is 0.303. The van der Waals surface area contributed by atoms with Gasteiger partial charge in [-0.05, 0) is 42.5 Å². The Morgan fingerprint density at radius 3 is 2.64 bits per heavy atom.